The topological polar surface area (TPSA) is 73.4 Å². The van der Waals surface area contributed by atoms with E-state index in [0.717, 1.165) is 15.9 Å². The molecule has 0 fully saturated rings. The van der Waals surface area contributed by atoms with Crippen molar-refractivity contribution >= 4 is 33.1 Å². The second kappa shape index (κ2) is 6.44. The van der Waals surface area contributed by atoms with E-state index in [-0.39, 0.29) is 5.91 Å². The highest BCUT2D eigenvalue weighted by Gasteiger charge is 2.24. The molecule has 0 aliphatic carbocycles. The quantitative estimate of drug-likeness (QED) is 0.829. The average molecular weight is 310 g/mol. The molecule has 2 heterocycles. The van der Waals surface area contributed by atoms with E-state index in [2.05, 4.69) is 5.10 Å². The summed E-state index contributed by atoms with van der Waals surface area (Å²) in [5.41, 5.74) is 7.58. The molecule has 21 heavy (non-hydrogen) atoms. The van der Waals surface area contributed by atoms with E-state index in [1.165, 1.54) is 11.3 Å². The molecule has 0 spiro atoms. The Kier molecular flexibility index (Phi) is 4.84. The smallest absolute Gasteiger partial charge is 0.266 e. The minimum absolute atomic E-state index is 0.0321. The predicted octanol–water partition coefficient (Wildman–Crippen LogP) is 2.02. The molecule has 0 atom stereocenters. The third-order valence-electron chi connectivity index (χ3n) is 3.46. The van der Waals surface area contributed by atoms with E-state index in [0.29, 0.717) is 36.9 Å². The predicted molar refractivity (Wildman–Crippen MR) is 85.8 cm³/mol. The van der Waals surface area contributed by atoms with E-state index >= 15 is 0 Å². The van der Waals surface area contributed by atoms with Gasteiger partial charge in [-0.25, -0.2) is 0 Å². The first-order chi connectivity index (χ1) is 10.0. The number of rotatable bonds is 6. The van der Waals surface area contributed by atoms with E-state index in [4.69, 9.17) is 10.5 Å². The van der Waals surface area contributed by atoms with E-state index in [1.807, 2.05) is 27.8 Å². The molecule has 0 radical (unpaired) electrons. The van der Waals surface area contributed by atoms with Crippen molar-refractivity contribution in [1.82, 2.24) is 14.7 Å². The van der Waals surface area contributed by atoms with Gasteiger partial charge in [-0.15, -0.1) is 11.3 Å². The molecule has 7 heteroatoms. The highest BCUT2D eigenvalue weighted by molar-refractivity contribution is 7.21. The van der Waals surface area contributed by atoms with Crippen LogP contribution in [-0.4, -0.2) is 46.9 Å². The molecular formula is C14H22N4O2S. The standard InChI is InChI=1S/C14H22N4O2S/c1-5-18(7-8-20-6-2)13(19)12-11(15)10-9(3)16-17(4)14(10)21-12/h5-8,15H2,1-4H3. The molecule has 2 aromatic rings. The number of likely N-dealkylation sites (N-methyl/N-ethyl adjacent to an activating group) is 1. The molecule has 0 unspecified atom stereocenters. The van der Waals surface area contributed by atoms with Crippen LogP contribution in [0.2, 0.25) is 0 Å². The number of hydrogen-bond acceptors (Lipinski definition) is 5. The first-order valence-corrected chi connectivity index (χ1v) is 7.91. The number of thiophene rings is 1. The Labute approximate surface area is 128 Å². The third-order valence-corrected chi connectivity index (χ3v) is 4.72. The highest BCUT2D eigenvalue weighted by Crippen LogP contribution is 2.36. The first-order valence-electron chi connectivity index (χ1n) is 7.09. The number of nitrogens with zero attached hydrogens (tertiary/aromatic N) is 3. The molecule has 2 rings (SSSR count). The van der Waals surface area contributed by atoms with Gasteiger partial charge in [0.25, 0.3) is 5.91 Å². The fourth-order valence-electron chi connectivity index (χ4n) is 2.35. The monoisotopic (exact) mass is 310 g/mol. The summed E-state index contributed by atoms with van der Waals surface area (Å²) in [6.07, 6.45) is 0. The number of aromatic nitrogens is 2. The van der Waals surface area contributed by atoms with Crippen molar-refractivity contribution in [2.45, 2.75) is 20.8 Å². The van der Waals surface area contributed by atoms with E-state index in [9.17, 15) is 4.79 Å². The zero-order chi connectivity index (χ0) is 15.6. The number of carbonyl (C=O) groups excluding carboxylic acids is 1. The lowest BCUT2D eigenvalue weighted by Gasteiger charge is -2.20. The van der Waals surface area contributed by atoms with E-state index < -0.39 is 0 Å². The Morgan fingerprint density at radius 1 is 1.48 bits per heavy atom. The summed E-state index contributed by atoms with van der Waals surface area (Å²) in [6.45, 7) is 8.22. The number of nitrogen functional groups attached to an aromatic ring is 1. The SMILES string of the molecule is CCOCCN(CC)C(=O)c1sc2c(c(C)nn2C)c1N. The molecule has 0 bridgehead atoms. The zero-order valence-electron chi connectivity index (χ0n) is 13.0. The lowest BCUT2D eigenvalue weighted by Crippen LogP contribution is -2.33. The maximum absolute atomic E-state index is 12.7. The Morgan fingerprint density at radius 3 is 2.76 bits per heavy atom. The van der Waals surface area contributed by atoms with Gasteiger partial charge in [-0.2, -0.15) is 5.10 Å². The normalized spacial score (nSPS) is 11.2. The van der Waals surface area contributed by atoms with Gasteiger partial charge in [0, 0.05) is 26.7 Å². The number of fused-ring (bicyclic) bond motifs is 1. The summed E-state index contributed by atoms with van der Waals surface area (Å²) in [5.74, 6) is -0.0321. The zero-order valence-corrected chi connectivity index (χ0v) is 13.8. The van der Waals surface area contributed by atoms with Crippen LogP contribution in [0.1, 0.15) is 29.2 Å². The van der Waals surface area contributed by atoms with Gasteiger partial charge in [0.15, 0.2) is 0 Å². The molecule has 0 saturated carbocycles. The van der Waals surface area contributed by atoms with Crippen LogP contribution in [0.5, 0.6) is 0 Å². The summed E-state index contributed by atoms with van der Waals surface area (Å²) in [7, 11) is 1.87. The summed E-state index contributed by atoms with van der Waals surface area (Å²) < 4.78 is 7.11. The maximum Gasteiger partial charge on any atom is 0.266 e. The van der Waals surface area contributed by atoms with Crippen molar-refractivity contribution in [3.05, 3.63) is 10.6 Å². The van der Waals surface area contributed by atoms with Crippen LogP contribution in [0.4, 0.5) is 5.69 Å². The van der Waals surface area contributed by atoms with Crippen molar-refractivity contribution < 1.29 is 9.53 Å². The Balaban J connectivity index is 2.29. The van der Waals surface area contributed by atoms with Crippen LogP contribution < -0.4 is 5.73 Å². The van der Waals surface area contributed by atoms with Gasteiger partial charge in [-0.05, 0) is 20.8 Å². The lowest BCUT2D eigenvalue weighted by atomic mass is 10.2. The van der Waals surface area contributed by atoms with Gasteiger partial charge < -0.3 is 15.4 Å². The van der Waals surface area contributed by atoms with Gasteiger partial charge in [-0.3, -0.25) is 9.48 Å². The maximum atomic E-state index is 12.7. The summed E-state index contributed by atoms with van der Waals surface area (Å²) in [6, 6.07) is 0. The van der Waals surface area contributed by atoms with Crippen LogP contribution in [0.25, 0.3) is 10.2 Å². The summed E-state index contributed by atoms with van der Waals surface area (Å²) in [4.78, 5) is 16.0. The molecule has 2 N–H and O–H groups in total. The van der Waals surface area contributed by atoms with Crippen LogP contribution in [-0.2, 0) is 11.8 Å². The minimum atomic E-state index is -0.0321. The van der Waals surface area contributed by atoms with Crippen molar-refractivity contribution in [2.24, 2.45) is 7.05 Å². The number of anilines is 1. The number of ether oxygens (including phenoxy) is 1. The van der Waals surface area contributed by atoms with Crippen molar-refractivity contribution in [2.75, 3.05) is 32.0 Å². The molecule has 0 saturated heterocycles. The Bertz CT molecular complexity index is 647. The molecule has 0 aliphatic rings. The molecular weight excluding hydrogens is 288 g/mol. The van der Waals surface area contributed by atoms with Crippen LogP contribution in [0, 0.1) is 6.92 Å². The largest absolute Gasteiger partial charge is 0.397 e. The third kappa shape index (κ3) is 2.89. The molecule has 1 amide bonds. The van der Waals surface area contributed by atoms with Gasteiger partial charge in [0.2, 0.25) is 0 Å². The second-order valence-electron chi connectivity index (χ2n) is 4.82. The van der Waals surface area contributed by atoms with E-state index in [1.54, 1.807) is 9.58 Å². The number of hydrogen-bond donors (Lipinski definition) is 1. The molecule has 0 aliphatic heterocycles. The fraction of sp³-hybridized carbons (Fsp3) is 0.571. The summed E-state index contributed by atoms with van der Waals surface area (Å²) in [5, 5.41) is 5.23. The second-order valence-corrected chi connectivity index (χ2v) is 5.81. The van der Waals surface area contributed by atoms with Crippen LogP contribution in [0.15, 0.2) is 0 Å². The molecule has 6 nitrogen and oxygen atoms in total. The lowest BCUT2D eigenvalue weighted by molar-refractivity contribution is 0.0674. The van der Waals surface area contributed by atoms with Gasteiger partial charge in [0.1, 0.15) is 9.71 Å². The van der Waals surface area contributed by atoms with Crippen molar-refractivity contribution in [3.8, 4) is 0 Å². The average Bonchev–Trinajstić information content (AvgIpc) is 2.94. The highest BCUT2D eigenvalue weighted by atomic mass is 32.1. The van der Waals surface area contributed by atoms with Crippen molar-refractivity contribution in [1.29, 1.82) is 0 Å². The fourth-order valence-corrected chi connectivity index (χ4v) is 3.51. The molecule has 116 valence electrons. The molecule has 0 aromatic carbocycles. The number of carbonyl (C=O) groups is 1. The molecule has 2 aromatic heterocycles. The Hall–Kier alpha value is -1.60. The van der Waals surface area contributed by atoms with Gasteiger partial charge >= 0.3 is 0 Å². The first kappa shape index (κ1) is 15.8. The van der Waals surface area contributed by atoms with Crippen molar-refractivity contribution in [3.63, 3.8) is 0 Å². The number of amides is 1. The minimum Gasteiger partial charge on any atom is -0.397 e. The van der Waals surface area contributed by atoms with Gasteiger partial charge in [-0.1, -0.05) is 0 Å². The summed E-state index contributed by atoms with van der Waals surface area (Å²) >= 11 is 1.41. The van der Waals surface area contributed by atoms with Crippen LogP contribution in [0.3, 0.4) is 0 Å². The van der Waals surface area contributed by atoms with Crippen LogP contribution >= 0.6 is 11.3 Å². The number of aryl methyl sites for hydroxylation is 2. The van der Waals surface area contributed by atoms with Gasteiger partial charge in [0.05, 0.1) is 23.4 Å². The number of nitrogens with two attached hydrogens (primary N) is 1. The Morgan fingerprint density at radius 2 is 2.19 bits per heavy atom.